The fourth-order valence-electron chi connectivity index (χ4n) is 2.38. The lowest BCUT2D eigenvalue weighted by atomic mass is 10.1. The zero-order valence-electron chi connectivity index (χ0n) is 12.1. The fraction of sp³-hybridized carbons (Fsp3) is 0.917. The molecule has 0 spiro atoms. The first-order chi connectivity index (χ1) is 8.80. The lowest BCUT2D eigenvalue weighted by molar-refractivity contribution is 0.160. The Bertz CT molecular complexity index is 400. The van der Waals surface area contributed by atoms with Crippen LogP contribution in [-0.2, 0) is 10.0 Å². The third-order valence-corrected chi connectivity index (χ3v) is 5.87. The summed E-state index contributed by atoms with van der Waals surface area (Å²) in [7, 11) is -3.16. The van der Waals surface area contributed by atoms with Gasteiger partial charge in [0.1, 0.15) is 5.84 Å². The van der Waals surface area contributed by atoms with Gasteiger partial charge in [-0.05, 0) is 20.3 Å². The maximum Gasteiger partial charge on any atom is 0.216 e. The maximum absolute atomic E-state index is 12.1. The molecular formula is C12H26N4O2S. The Labute approximate surface area is 116 Å². The molecule has 1 heterocycles. The average molecular weight is 290 g/mol. The summed E-state index contributed by atoms with van der Waals surface area (Å²) < 4.78 is 25.7. The van der Waals surface area contributed by atoms with Gasteiger partial charge in [0.2, 0.25) is 10.0 Å². The van der Waals surface area contributed by atoms with Crippen molar-refractivity contribution in [3.05, 3.63) is 0 Å². The SMILES string of the molecule is CCCC(C(=N)N)N1CCN(S(=O)(=O)C(C)C)CC1. The second-order valence-corrected chi connectivity index (χ2v) is 7.78. The summed E-state index contributed by atoms with van der Waals surface area (Å²) in [5.74, 6) is 0.182. The van der Waals surface area contributed by atoms with E-state index in [1.807, 2.05) is 0 Å². The first-order valence-corrected chi connectivity index (χ1v) is 8.38. The van der Waals surface area contributed by atoms with Gasteiger partial charge in [0.15, 0.2) is 0 Å². The molecule has 0 aromatic carbocycles. The van der Waals surface area contributed by atoms with Gasteiger partial charge in [-0.15, -0.1) is 0 Å². The van der Waals surface area contributed by atoms with Crippen LogP contribution in [0.1, 0.15) is 33.6 Å². The smallest absolute Gasteiger partial charge is 0.216 e. The van der Waals surface area contributed by atoms with Crippen molar-refractivity contribution in [2.75, 3.05) is 26.2 Å². The van der Waals surface area contributed by atoms with Crippen molar-refractivity contribution in [3.8, 4) is 0 Å². The summed E-state index contributed by atoms with van der Waals surface area (Å²) in [6.45, 7) is 7.76. The summed E-state index contributed by atoms with van der Waals surface area (Å²) in [5, 5.41) is 7.26. The monoisotopic (exact) mass is 290 g/mol. The number of sulfonamides is 1. The molecule has 0 saturated carbocycles. The number of nitrogens with zero attached hydrogens (tertiary/aromatic N) is 2. The van der Waals surface area contributed by atoms with Crippen LogP contribution in [0.5, 0.6) is 0 Å². The van der Waals surface area contributed by atoms with Crippen LogP contribution in [0, 0.1) is 5.41 Å². The minimum absolute atomic E-state index is 0.0473. The van der Waals surface area contributed by atoms with Gasteiger partial charge in [0, 0.05) is 26.2 Å². The van der Waals surface area contributed by atoms with Crippen LogP contribution in [0.4, 0.5) is 0 Å². The Morgan fingerprint density at radius 3 is 2.16 bits per heavy atom. The van der Waals surface area contributed by atoms with Crippen molar-refractivity contribution in [3.63, 3.8) is 0 Å². The molecule has 7 heteroatoms. The van der Waals surface area contributed by atoms with E-state index in [0.29, 0.717) is 26.2 Å². The van der Waals surface area contributed by atoms with Crippen molar-refractivity contribution < 1.29 is 8.42 Å². The molecule has 1 saturated heterocycles. The van der Waals surface area contributed by atoms with E-state index in [-0.39, 0.29) is 17.1 Å². The molecule has 112 valence electrons. The van der Waals surface area contributed by atoms with E-state index in [2.05, 4.69) is 11.8 Å². The van der Waals surface area contributed by atoms with E-state index in [1.54, 1.807) is 18.2 Å². The molecule has 1 fully saturated rings. The summed E-state index contributed by atoms with van der Waals surface area (Å²) in [6.07, 6.45) is 1.82. The van der Waals surface area contributed by atoms with Gasteiger partial charge in [0.05, 0.1) is 11.3 Å². The van der Waals surface area contributed by atoms with E-state index < -0.39 is 10.0 Å². The molecule has 0 radical (unpaired) electrons. The molecule has 0 amide bonds. The second-order valence-electron chi connectivity index (χ2n) is 5.29. The topological polar surface area (TPSA) is 90.5 Å². The lowest BCUT2D eigenvalue weighted by Crippen LogP contribution is -2.55. The van der Waals surface area contributed by atoms with Crippen LogP contribution in [-0.4, -0.2) is 60.9 Å². The summed E-state index contributed by atoms with van der Waals surface area (Å²) in [4.78, 5) is 2.12. The Morgan fingerprint density at radius 1 is 1.26 bits per heavy atom. The zero-order valence-corrected chi connectivity index (χ0v) is 12.9. The summed E-state index contributed by atoms with van der Waals surface area (Å²) in [5.41, 5.74) is 5.63. The number of hydrogen-bond acceptors (Lipinski definition) is 4. The van der Waals surface area contributed by atoms with Crippen LogP contribution >= 0.6 is 0 Å². The van der Waals surface area contributed by atoms with Crippen LogP contribution in [0.3, 0.4) is 0 Å². The van der Waals surface area contributed by atoms with Gasteiger partial charge in [-0.3, -0.25) is 10.3 Å². The molecular weight excluding hydrogens is 264 g/mol. The Morgan fingerprint density at radius 2 is 1.79 bits per heavy atom. The van der Waals surface area contributed by atoms with Gasteiger partial charge < -0.3 is 5.73 Å². The van der Waals surface area contributed by atoms with Gasteiger partial charge >= 0.3 is 0 Å². The van der Waals surface area contributed by atoms with E-state index in [0.717, 1.165) is 12.8 Å². The van der Waals surface area contributed by atoms with Crippen LogP contribution < -0.4 is 5.73 Å². The molecule has 0 aliphatic carbocycles. The number of nitrogens with one attached hydrogen (secondary N) is 1. The number of nitrogens with two attached hydrogens (primary N) is 1. The van der Waals surface area contributed by atoms with Crippen molar-refractivity contribution in [1.82, 2.24) is 9.21 Å². The van der Waals surface area contributed by atoms with Crippen molar-refractivity contribution in [2.24, 2.45) is 5.73 Å². The molecule has 1 atom stereocenters. The van der Waals surface area contributed by atoms with E-state index >= 15 is 0 Å². The standard InChI is InChI=1S/C12H26N4O2S/c1-4-5-11(12(13)14)15-6-8-16(9-7-15)19(17,18)10(2)3/h10-11H,4-9H2,1-3H3,(H3,13,14). The first kappa shape index (κ1) is 16.4. The van der Waals surface area contributed by atoms with Crippen LogP contribution in [0.25, 0.3) is 0 Å². The highest BCUT2D eigenvalue weighted by Crippen LogP contribution is 2.15. The van der Waals surface area contributed by atoms with Gasteiger partial charge in [-0.1, -0.05) is 13.3 Å². The van der Waals surface area contributed by atoms with Crippen LogP contribution in [0.2, 0.25) is 0 Å². The molecule has 3 N–H and O–H groups in total. The zero-order chi connectivity index (χ0) is 14.6. The number of hydrogen-bond donors (Lipinski definition) is 2. The molecule has 1 rings (SSSR count). The Hall–Kier alpha value is -0.660. The average Bonchev–Trinajstić information content (AvgIpc) is 2.35. The largest absolute Gasteiger partial charge is 0.386 e. The van der Waals surface area contributed by atoms with E-state index in [1.165, 1.54) is 0 Å². The Balaban J connectivity index is 2.64. The number of amidine groups is 1. The maximum atomic E-state index is 12.1. The van der Waals surface area contributed by atoms with E-state index in [4.69, 9.17) is 11.1 Å². The molecule has 1 aliphatic rings. The molecule has 0 aromatic rings. The molecule has 0 aromatic heterocycles. The molecule has 1 aliphatic heterocycles. The highest BCUT2D eigenvalue weighted by molar-refractivity contribution is 7.89. The first-order valence-electron chi connectivity index (χ1n) is 6.87. The summed E-state index contributed by atoms with van der Waals surface area (Å²) >= 11 is 0. The second kappa shape index (κ2) is 6.67. The highest BCUT2D eigenvalue weighted by Gasteiger charge is 2.32. The normalized spacial score (nSPS) is 20.6. The third-order valence-electron chi connectivity index (χ3n) is 3.59. The lowest BCUT2D eigenvalue weighted by Gasteiger charge is -2.38. The molecule has 6 nitrogen and oxygen atoms in total. The minimum atomic E-state index is -3.16. The highest BCUT2D eigenvalue weighted by atomic mass is 32.2. The predicted octanol–water partition coefficient (Wildman–Crippen LogP) is 0.447. The van der Waals surface area contributed by atoms with Crippen LogP contribution in [0.15, 0.2) is 0 Å². The third kappa shape index (κ3) is 3.90. The van der Waals surface area contributed by atoms with Gasteiger partial charge in [-0.25, -0.2) is 8.42 Å². The van der Waals surface area contributed by atoms with E-state index in [9.17, 15) is 8.42 Å². The number of piperazine rings is 1. The molecule has 0 bridgehead atoms. The van der Waals surface area contributed by atoms with Crippen molar-refractivity contribution in [1.29, 1.82) is 5.41 Å². The fourth-order valence-corrected chi connectivity index (χ4v) is 3.64. The van der Waals surface area contributed by atoms with Crippen molar-refractivity contribution in [2.45, 2.75) is 44.9 Å². The molecule has 19 heavy (non-hydrogen) atoms. The van der Waals surface area contributed by atoms with Crippen molar-refractivity contribution >= 4 is 15.9 Å². The Kier molecular flexibility index (Phi) is 5.76. The predicted molar refractivity (Wildman–Crippen MR) is 77.8 cm³/mol. The summed E-state index contributed by atoms with van der Waals surface area (Å²) in [6, 6.07) is -0.0473. The minimum Gasteiger partial charge on any atom is -0.386 e. The quantitative estimate of drug-likeness (QED) is 0.549. The van der Waals surface area contributed by atoms with Gasteiger partial charge in [0.25, 0.3) is 0 Å². The number of rotatable bonds is 6. The molecule has 1 unspecified atom stereocenters. The van der Waals surface area contributed by atoms with Gasteiger partial charge in [-0.2, -0.15) is 4.31 Å².